The third-order valence-corrected chi connectivity index (χ3v) is 3.26. The fourth-order valence-electron chi connectivity index (χ4n) is 2.17. The molecule has 0 saturated carbocycles. The third kappa shape index (κ3) is 2.24. The van der Waals surface area contributed by atoms with Gasteiger partial charge in [0.25, 0.3) is 12.0 Å². The van der Waals surface area contributed by atoms with E-state index < -0.39 is 29.0 Å². The Labute approximate surface area is 121 Å². The Morgan fingerprint density at radius 1 is 1.09 bits per heavy atom. The van der Waals surface area contributed by atoms with Crippen LogP contribution in [0.4, 0.5) is 17.6 Å². The van der Waals surface area contributed by atoms with E-state index in [9.17, 15) is 22.4 Å². The zero-order chi connectivity index (χ0) is 15.9. The molecule has 0 unspecified atom stereocenters. The van der Waals surface area contributed by atoms with Crippen molar-refractivity contribution in [2.45, 2.75) is 6.43 Å². The Balaban J connectivity index is 2.23. The maximum atomic E-state index is 14.1. The van der Waals surface area contributed by atoms with Crippen LogP contribution in [0, 0.1) is 11.6 Å². The molecule has 112 valence electrons. The molecule has 0 aliphatic rings. The lowest BCUT2D eigenvalue weighted by atomic mass is 10.0. The molecular formula is C15H8F4N2O. The van der Waals surface area contributed by atoms with E-state index in [1.807, 2.05) is 0 Å². The summed E-state index contributed by atoms with van der Waals surface area (Å²) in [6.45, 7) is 0. The molecule has 2 heterocycles. The predicted octanol–water partition coefficient (Wildman–Crippen LogP) is 3.81. The fraction of sp³-hybridized carbons (Fsp3) is 0.0667. The van der Waals surface area contributed by atoms with Gasteiger partial charge in [0.05, 0.1) is 11.1 Å². The van der Waals surface area contributed by atoms with Gasteiger partial charge in [0.15, 0.2) is 11.6 Å². The van der Waals surface area contributed by atoms with E-state index in [-0.39, 0.29) is 22.2 Å². The lowest BCUT2D eigenvalue weighted by molar-refractivity contribution is 0.151. The molecule has 7 heteroatoms. The highest BCUT2D eigenvalue weighted by atomic mass is 19.3. The van der Waals surface area contributed by atoms with Gasteiger partial charge >= 0.3 is 0 Å². The van der Waals surface area contributed by atoms with Gasteiger partial charge in [-0.3, -0.25) is 9.78 Å². The minimum atomic E-state index is -2.70. The second-order valence-corrected chi connectivity index (χ2v) is 4.60. The smallest absolute Gasteiger partial charge is 0.265 e. The zero-order valence-corrected chi connectivity index (χ0v) is 10.9. The van der Waals surface area contributed by atoms with Crippen LogP contribution in [0.15, 0.2) is 41.5 Å². The summed E-state index contributed by atoms with van der Waals surface area (Å²) in [5.74, 6) is -2.55. The molecule has 2 aromatic heterocycles. The van der Waals surface area contributed by atoms with Crippen molar-refractivity contribution in [3.63, 3.8) is 0 Å². The van der Waals surface area contributed by atoms with Crippen LogP contribution in [0.1, 0.15) is 12.0 Å². The Morgan fingerprint density at radius 2 is 1.86 bits per heavy atom. The second kappa shape index (κ2) is 5.25. The summed E-state index contributed by atoms with van der Waals surface area (Å²) < 4.78 is 53.2. The number of pyridine rings is 2. The van der Waals surface area contributed by atoms with E-state index in [0.29, 0.717) is 0 Å². The number of rotatable bonds is 2. The Bertz CT molecular complexity index is 904. The first-order valence-corrected chi connectivity index (χ1v) is 6.23. The molecule has 1 aromatic carbocycles. The summed E-state index contributed by atoms with van der Waals surface area (Å²) in [7, 11) is 0. The van der Waals surface area contributed by atoms with Crippen LogP contribution in [0.2, 0.25) is 0 Å². The molecule has 0 amide bonds. The highest BCUT2D eigenvalue weighted by Crippen LogP contribution is 2.29. The van der Waals surface area contributed by atoms with Crippen molar-refractivity contribution in [2.24, 2.45) is 0 Å². The summed E-state index contributed by atoms with van der Waals surface area (Å²) in [5.41, 5.74) is -1.26. The van der Waals surface area contributed by atoms with Crippen molar-refractivity contribution in [2.75, 3.05) is 0 Å². The number of aromatic amines is 1. The average Bonchev–Trinajstić information content (AvgIpc) is 2.51. The van der Waals surface area contributed by atoms with Crippen LogP contribution in [0.25, 0.3) is 22.0 Å². The van der Waals surface area contributed by atoms with Gasteiger partial charge in [-0.25, -0.2) is 17.6 Å². The number of nitrogens with one attached hydrogen (secondary N) is 1. The standard InChI is InChI=1S/C15H8F4N2O/c16-12-9(10-2-1-8(6-21-10)14(18)19)5-7-3-4-20-15(22)11(7)13(12)17/h1-6,14H,(H,20,22). The molecule has 22 heavy (non-hydrogen) atoms. The number of aromatic nitrogens is 2. The van der Waals surface area contributed by atoms with Crippen LogP contribution in [0.5, 0.6) is 0 Å². The van der Waals surface area contributed by atoms with Gasteiger partial charge in [0.2, 0.25) is 0 Å². The maximum absolute atomic E-state index is 14.1. The Morgan fingerprint density at radius 3 is 2.50 bits per heavy atom. The molecule has 0 atom stereocenters. The molecule has 0 bridgehead atoms. The SMILES string of the molecule is O=c1[nH]ccc2cc(-c3ccc(C(F)F)cn3)c(F)c(F)c12. The molecule has 3 aromatic rings. The Kier molecular flexibility index (Phi) is 3.40. The number of benzene rings is 1. The van der Waals surface area contributed by atoms with Crippen LogP contribution in [0.3, 0.4) is 0 Å². The van der Waals surface area contributed by atoms with Crippen LogP contribution >= 0.6 is 0 Å². The first kappa shape index (κ1) is 14.2. The summed E-state index contributed by atoms with van der Waals surface area (Å²) in [5, 5.41) is -0.203. The Hall–Kier alpha value is -2.70. The maximum Gasteiger partial charge on any atom is 0.265 e. The summed E-state index contributed by atoms with van der Waals surface area (Å²) >= 11 is 0. The number of nitrogens with zero attached hydrogens (tertiary/aromatic N) is 1. The van der Waals surface area contributed by atoms with Crippen LogP contribution < -0.4 is 5.56 Å². The predicted molar refractivity (Wildman–Crippen MR) is 72.7 cm³/mol. The van der Waals surface area contributed by atoms with Crippen LogP contribution in [-0.4, -0.2) is 9.97 Å². The topological polar surface area (TPSA) is 45.8 Å². The van der Waals surface area contributed by atoms with Crippen molar-refractivity contribution >= 4 is 10.8 Å². The third-order valence-electron chi connectivity index (χ3n) is 3.26. The summed E-state index contributed by atoms with van der Waals surface area (Å²) in [6.07, 6.45) is -0.489. The molecule has 0 aliphatic carbocycles. The van der Waals surface area contributed by atoms with Crippen LogP contribution in [-0.2, 0) is 0 Å². The van der Waals surface area contributed by atoms with Crippen molar-refractivity contribution in [1.29, 1.82) is 0 Å². The largest absolute Gasteiger partial charge is 0.328 e. The highest BCUT2D eigenvalue weighted by Gasteiger charge is 2.18. The molecule has 3 nitrogen and oxygen atoms in total. The zero-order valence-electron chi connectivity index (χ0n) is 10.9. The van der Waals surface area contributed by atoms with Gasteiger partial charge in [-0.2, -0.15) is 0 Å². The molecule has 0 saturated heterocycles. The van der Waals surface area contributed by atoms with Crippen molar-refractivity contribution in [1.82, 2.24) is 9.97 Å². The quantitative estimate of drug-likeness (QED) is 0.732. The number of halogens is 4. The number of fused-ring (bicyclic) bond motifs is 1. The summed E-state index contributed by atoms with van der Waals surface area (Å²) in [6, 6.07) is 4.94. The minimum absolute atomic E-state index is 0.00276. The van der Waals surface area contributed by atoms with Gasteiger partial charge in [0, 0.05) is 23.5 Å². The normalized spacial score (nSPS) is 11.3. The molecule has 0 radical (unpaired) electrons. The van der Waals surface area contributed by atoms with E-state index in [1.54, 1.807) is 0 Å². The van der Waals surface area contributed by atoms with Gasteiger partial charge in [0.1, 0.15) is 0 Å². The first-order valence-electron chi connectivity index (χ1n) is 6.23. The summed E-state index contributed by atoms with van der Waals surface area (Å²) in [4.78, 5) is 17.5. The molecule has 0 fully saturated rings. The molecular weight excluding hydrogens is 300 g/mol. The molecule has 0 aliphatic heterocycles. The van der Waals surface area contributed by atoms with E-state index in [4.69, 9.17) is 0 Å². The second-order valence-electron chi connectivity index (χ2n) is 4.60. The van der Waals surface area contributed by atoms with Crippen molar-refractivity contribution in [3.05, 3.63) is 64.2 Å². The van der Waals surface area contributed by atoms with Crippen molar-refractivity contribution in [3.8, 4) is 11.3 Å². The lowest BCUT2D eigenvalue weighted by Gasteiger charge is -2.07. The number of hydrogen-bond acceptors (Lipinski definition) is 2. The van der Waals surface area contributed by atoms with E-state index in [1.165, 1.54) is 24.4 Å². The monoisotopic (exact) mass is 308 g/mol. The number of alkyl halides is 2. The van der Waals surface area contributed by atoms with E-state index in [0.717, 1.165) is 12.3 Å². The molecule has 0 spiro atoms. The van der Waals surface area contributed by atoms with Gasteiger partial charge in [-0.05, 0) is 29.7 Å². The molecule has 3 rings (SSSR count). The lowest BCUT2D eigenvalue weighted by Crippen LogP contribution is -2.08. The van der Waals surface area contributed by atoms with Crippen molar-refractivity contribution < 1.29 is 17.6 Å². The van der Waals surface area contributed by atoms with E-state index >= 15 is 0 Å². The average molecular weight is 308 g/mol. The minimum Gasteiger partial charge on any atom is -0.328 e. The fourth-order valence-corrected chi connectivity index (χ4v) is 2.17. The molecule has 1 N–H and O–H groups in total. The van der Waals surface area contributed by atoms with Gasteiger partial charge < -0.3 is 4.98 Å². The first-order chi connectivity index (χ1) is 10.5. The van der Waals surface area contributed by atoms with Gasteiger partial charge in [-0.15, -0.1) is 0 Å². The van der Waals surface area contributed by atoms with Gasteiger partial charge in [-0.1, -0.05) is 0 Å². The number of H-pyrrole nitrogens is 1. The highest BCUT2D eigenvalue weighted by molar-refractivity contribution is 5.86. The number of hydrogen-bond donors (Lipinski definition) is 1. The van der Waals surface area contributed by atoms with E-state index in [2.05, 4.69) is 9.97 Å².